The third-order valence-electron chi connectivity index (χ3n) is 3.50. The Morgan fingerprint density at radius 2 is 1.90 bits per heavy atom. The van der Waals surface area contributed by atoms with E-state index in [-0.39, 0.29) is 17.7 Å². The van der Waals surface area contributed by atoms with E-state index in [9.17, 15) is 8.78 Å². The minimum absolute atomic E-state index is 0.146. The van der Waals surface area contributed by atoms with Crippen LogP contribution in [0, 0.1) is 18.6 Å². The molecule has 3 heteroatoms. The molecule has 2 aromatic carbocycles. The fourth-order valence-corrected chi connectivity index (χ4v) is 2.43. The van der Waals surface area contributed by atoms with Gasteiger partial charge in [0, 0.05) is 11.6 Å². The molecule has 0 aromatic heterocycles. The fourth-order valence-electron chi connectivity index (χ4n) is 2.43. The molecule has 1 nitrogen and oxygen atoms in total. The van der Waals surface area contributed by atoms with E-state index >= 15 is 0 Å². The predicted octanol–water partition coefficient (Wildman–Crippen LogP) is 4.56. The van der Waals surface area contributed by atoms with Gasteiger partial charge < -0.3 is 5.32 Å². The molecule has 0 fully saturated rings. The van der Waals surface area contributed by atoms with Gasteiger partial charge in [0.25, 0.3) is 0 Å². The Hall–Kier alpha value is -1.74. The van der Waals surface area contributed by atoms with Gasteiger partial charge in [-0.2, -0.15) is 0 Å². The van der Waals surface area contributed by atoms with Crippen molar-refractivity contribution >= 4 is 0 Å². The standard InChI is InChI=1S/C18H21F2N/c1-3-9-21-18(12-14-5-4-6-15(19)11-14)16-8-7-13(2)10-17(16)20/h4-8,10-11,18,21H,3,9,12H2,1-2H3. The molecule has 0 aliphatic heterocycles. The lowest BCUT2D eigenvalue weighted by Gasteiger charge is -2.20. The lowest BCUT2D eigenvalue weighted by molar-refractivity contribution is 0.495. The second-order valence-electron chi connectivity index (χ2n) is 5.37. The summed E-state index contributed by atoms with van der Waals surface area (Å²) < 4.78 is 27.5. The van der Waals surface area contributed by atoms with Gasteiger partial charge in [-0.15, -0.1) is 0 Å². The first kappa shape index (κ1) is 15.6. The van der Waals surface area contributed by atoms with Crippen LogP contribution in [0.4, 0.5) is 8.78 Å². The molecule has 2 rings (SSSR count). The van der Waals surface area contributed by atoms with Gasteiger partial charge in [0.2, 0.25) is 0 Å². The van der Waals surface area contributed by atoms with Crippen LogP contribution in [0.2, 0.25) is 0 Å². The normalized spacial score (nSPS) is 12.4. The Labute approximate surface area is 125 Å². The molecular weight excluding hydrogens is 268 g/mol. The summed E-state index contributed by atoms with van der Waals surface area (Å²) in [7, 11) is 0. The van der Waals surface area contributed by atoms with Gasteiger partial charge in [0.15, 0.2) is 0 Å². The maximum Gasteiger partial charge on any atom is 0.128 e. The Bertz CT molecular complexity index is 596. The van der Waals surface area contributed by atoms with Gasteiger partial charge in [0.1, 0.15) is 11.6 Å². The lowest BCUT2D eigenvalue weighted by Crippen LogP contribution is -2.25. The van der Waals surface area contributed by atoms with Crippen molar-refractivity contribution in [3.8, 4) is 0 Å². The topological polar surface area (TPSA) is 12.0 Å². The van der Waals surface area contributed by atoms with Crippen molar-refractivity contribution in [3.05, 3.63) is 70.8 Å². The lowest BCUT2D eigenvalue weighted by atomic mass is 9.97. The summed E-state index contributed by atoms with van der Waals surface area (Å²) in [5.74, 6) is -0.467. The van der Waals surface area contributed by atoms with E-state index in [4.69, 9.17) is 0 Å². The molecular formula is C18H21F2N. The molecule has 0 saturated carbocycles. The van der Waals surface area contributed by atoms with Gasteiger partial charge in [-0.3, -0.25) is 0 Å². The van der Waals surface area contributed by atoms with Crippen LogP contribution >= 0.6 is 0 Å². The Morgan fingerprint density at radius 1 is 1.10 bits per heavy atom. The van der Waals surface area contributed by atoms with Crippen molar-refractivity contribution in [1.29, 1.82) is 0 Å². The molecule has 0 saturated heterocycles. The minimum Gasteiger partial charge on any atom is -0.310 e. The van der Waals surface area contributed by atoms with E-state index in [1.54, 1.807) is 12.1 Å². The van der Waals surface area contributed by atoms with Crippen molar-refractivity contribution in [1.82, 2.24) is 5.32 Å². The third kappa shape index (κ3) is 4.36. The smallest absolute Gasteiger partial charge is 0.128 e. The summed E-state index contributed by atoms with van der Waals surface area (Å²) in [4.78, 5) is 0. The maximum atomic E-state index is 14.2. The SMILES string of the molecule is CCCNC(Cc1cccc(F)c1)c1ccc(C)cc1F. The molecule has 0 aliphatic carbocycles. The third-order valence-corrected chi connectivity index (χ3v) is 3.50. The molecule has 2 aromatic rings. The highest BCUT2D eigenvalue weighted by atomic mass is 19.1. The molecule has 21 heavy (non-hydrogen) atoms. The summed E-state index contributed by atoms with van der Waals surface area (Å²) in [6.45, 7) is 4.74. The first-order chi connectivity index (χ1) is 10.1. The van der Waals surface area contributed by atoms with Crippen LogP contribution in [0.25, 0.3) is 0 Å². The molecule has 1 unspecified atom stereocenters. The Kier molecular flexibility index (Phi) is 5.45. The van der Waals surface area contributed by atoms with Gasteiger partial charge >= 0.3 is 0 Å². The van der Waals surface area contributed by atoms with Crippen molar-refractivity contribution in [2.24, 2.45) is 0 Å². The van der Waals surface area contributed by atoms with E-state index < -0.39 is 0 Å². The summed E-state index contributed by atoms with van der Waals surface area (Å²) in [5, 5.41) is 3.35. The van der Waals surface area contributed by atoms with Crippen molar-refractivity contribution < 1.29 is 8.78 Å². The van der Waals surface area contributed by atoms with Crippen LogP contribution in [-0.2, 0) is 6.42 Å². The van der Waals surface area contributed by atoms with Crippen LogP contribution in [-0.4, -0.2) is 6.54 Å². The van der Waals surface area contributed by atoms with E-state index in [0.717, 1.165) is 24.1 Å². The first-order valence-electron chi connectivity index (χ1n) is 7.34. The number of rotatable bonds is 6. The van der Waals surface area contributed by atoms with Crippen LogP contribution in [0.3, 0.4) is 0 Å². The van der Waals surface area contributed by atoms with Crippen LogP contribution < -0.4 is 5.32 Å². The number of nitrogens with one attached hydrogen (secondary N) is 1. The van der Waals surface area contributed by atoms with E-state index in [2.05, 4.69) is 12.2 Å². The number of hydrogen-bond acceptors (Lipinski definition) is 1. The number of hydrogen-bond donors (Lipinski definition) is 1. The van der Waals surface area contributed by atoms with E-state index in [1.165, 1.54) is 12.1 Å². The molecule has 0 bridgehead atoms. The molecule has 0 aliphatic rings. The second-order valence-corrected chi connectivity index (χ2v) is 5.37. The summed E-state index contributed by atoms with van der Waals surface area (Å²) >= 11 is 0. The number of halogens is 2. The monoisotopic (exact) mass is 289 g/mol. The molecule has 0 spiro atoms. The molecule has 112 valence electrons. The van der Waals surface area contributed by atoms with Gasteiger partial charge in [-0.05, 0) is 55.6 Å². The summed E-state index contributed by atoms with van der Waals surface area (Å²) in [5.41, 5.74) is 2.40. The van der Waals surface area contributed by atoms with Crippen molar-refractivity contribution in [3.63, 3.8) is 0 Å². The summed E-state index contributed by atoms with van der Waals surface area (Å²) in [6.07, 6.45) is 1.53. The van der Waals surface area contributed by atoms with E-state index in [1.807, 2.05) is 25.1 Å². The van der Waals surface area contributed by atoms with Crippen LogP contribution in [0.1, 0.15) is 36.1 Å². The first-order valence-corrected chi connectivity index (χ1v) is 7.34. The predicted molar refractivity (Wildman–Crippen MR) is 82.3 cm³/mol. The number of benzene rings is 2. The Morgan fingerprint density at radius 3 is 2.57 bits per heavy atom. The van der Waals surface area contributed by atoms with Gasteiger partial charge in [-0.1, -0.05) is 31.2 Å². The Balaban J connectivity index is 2.25. The fraction of sp³-hybridized carbons (Fsp3) is 0.333. The van der Waals surface area contributed by atoms with Crippen LogP contribution in [0.5, 0.6) is 0 Å². The van der Waals surface area contributed by atoms with Crippen LogP contribution in [0.15, 0.2) is 42.5 Å². The van der Waals surface area contributed by atoms with Gasteiger partial charge in [-0.25, -0.2) is 8.78 Å². The minimum atomic E-state index is -0.258. The zero-order valence-corrected chi connectivity index (χ0v) is 12.5. The maximum absolute atomic E-state index is 14.2. The average Bonchev–Trinajstić information content (AvgIpc) is 2.44. The molecule has 1 N–H and O–H groups in total. The quantitative estimate of drug-likeness (QED) is 0.822. The highest BCUT2D eigenvalue weighted by Crippen LogP contribution is 2.22. The molecule has 0 amide bonds. The highest BCUT2D eigenvalue weighted by molar-refractivity contribution is 5.28. The van der Waals surface area contributed by atoms with Crippen molar-refractivity contribution in [2.45, 2.75) is 32.7 Å². The second kappa shape index (κ2) is 7.32. The molecule has 0 heterocycles. The largest absolute Gasteiger partial charge is 0.310 e. The molecule has 1 atom stereocenters. The van der Waals surface area contributed by atoms with Crippen molar-refractivity contribution in [2.75, 3.05) is 6.54 Å². The zero-order valence-electron chi connectivity index (χ0n) is 12.5. The zero-order chi connectivity index (χ0) is 15.2. The van der Waals surface area contributed by atoms with Gasteiger partial charge in [0.05, 0.1) is 0 Å². The van der Waals surface area contributed by atoms with E-state index in [0.29, 0.717) is 12.0 Å². The summed E-state index contributed by atoms with van der Waals surface area (Å²) in [6, 6.07) is 11.6. The highest BCUT2D eigenvalue weighted by Gasteiger charge is 2.16. The molecule has 0 radical (unpaired) electrons. The average molecular weight is 289 g/mol. The number of aryl methyl sites for hydroxylation is 1.